The van der Waals surface area contributed by atoms with Gasteiger partial charge in [0, 0.05) is 10.6 Å². The van der Waals surface area contributed by atoms with Crippen LogP contribution in [0, 0.1) is 5.92 Å². The molecule has 0 aliphatic heterocycles. The summed E-state index contributed by atoms with van der Waals surface area (Å²) in [5, 5.41) is 3.68. The van der Waals surface area contributed by atoms with Crippen LogP contribution in [0.5, 0.6) is 0 Å². The number of aromatic nitrogens is 1. The number of nitrogen functional groups attached to an aromatic ring is 1. The number of hydrogen-bond acceptors (Lipinski definition) is 4. The molecule has 17 heavy (non-hydrogen) atoms. The lowest BCUT2D eigenvalue weighted by Crippen LogP contribution is -1.85. The van der Waals surface area contributed by atoms with Crippen molar-refractivity contribution in [2.24, 2.45) is 5.92 Å². The standard InChI is InChI=1S/C13H14N2OS/c14-13-12(7-15-16-13)10-3-5-11(6-4-10)17-8-9-1-2-9/h3-7,9H,1-2,8,14H2. The van der Waals surface area contributed by atoms with Crippen molar-refractivity contribution in [2.45, 2.75) is 17.7 Å². The summed E-state index contributed by atoms with van der Waals surface area (Å²) in [4.78, 5) is 1.32. The van der Waals surface area contributed by atoms with Crippen molar-refractivity contribution >= 4 is 17.6 Å². The molecule has 0 unspecified atom stereocenters. The van der Waals surface area contributed by atoms with Crippen molar-refractivity contribution in [3.8, 4) is 11.1 Å². The lowest BCUT2D eigenvalue weighted by molar-refractivity contribution is 0.436. The van der Waals surface area contributed by atoms with Crippen LogP contribution >= 0.6 is 11.8 Å². The van der Waals surface area contributed by atoms with E-state index in [1.807, 2.05) is 11.8 Å². The number of nitrogens with zero attached hydrogens (tertiary/aromatic N) is 1. The molecule has 2 aromatic rings. The molecule has 4 heteroatoms. The second-order valence-corrected chi connectivity index (χ2v) is 5.48. The highest BCUT2D eigenvalue weighted by Crippen LogP contribution is 2.35. The summed E-state index contributed by atoms with van der Waals surface area (Å²) in [7, 11) is 0. The third-order valence-electron chi connectivity index (χ3n) is 2.95. The first-order valence-electron chi connectivity index (χ1n) is 5.76. The third kappa shape index (κ3) is 2.47. The molecule has 3 nitrogen and oxygen atoms in total. The van der Waals surface area contributed by atoms with Crippen LogP contribution in [0.2, 0.25) is 0 Å². The fourth-order valence-electron chi connectivity index (χ4n) is 1.69. The minimum Gasteiger partial charge on any atom is -0.367 e. The Morgan fingerprint density at radius 2 is 2.06 bits per heavy atom. The summed E-state index contributed by atoms with van der Waals surface area (Å²) in [6.07, 6.45) is 4.46. The summed E-state index contributed by atoms with van der Waals surface area (Å²) >= 11 is 1.93. The van der Waals surface area contributed by atoms with Crippen LogP contribution < -0.4 is 5.73 Å². The van der Waals surface area contributed by atoms with Gasteiger partial charge >= 0.3 is 0 Å². The monoisotopic (exact) mass is 246 g/mol. The van der Waals surface area contributed by atoms with Gasteiger partial charge in [0.05, 0.1) is 11.8 Å². The quantitative estimate of drug-likeness (QED) is 0.840. The number of thioether (sulfide) groups is 1. The predicted molar refractivity (Wildman–Crippen MR) is 69.8 cm³/mol. The van der Waals surface area contributed by atoms with Crippen LogP contribution in [0.4, 0.5) is 5.88 Å². The summed E-state index contributed by atoms with van der Waals surface area (Å²) < 4.78 is 4.86. The molecular weight excluding hydrogens is 232 g/mol. The maximum Gasteiger partial charge on any atom is 0.229 e. The molecule has 1 aliphatic rings. The minimum absolute atomic E-state index is 0.378. The summed E-state index contributed by atoms with van der Waals surface area (Å²) in [6.45, 7) is 0. The van der Waals surface area contributed by atoms with Crippen LogP contribution in [-0.2, 0) is 0 Å². The highest BCUT2D eigenvalue weighted by atomic mass is 32.2. The van der Waals surface area contributed by atoms with Crippen molar-refractivity contribution in [1.82, 2.24) is 5.16 Å². The predicted octanol–water partition coefficient (Wildman–Crippen LogP) is 3.43. The van der Waals surface area contributed by atoms with E-state index >= 15 is 0 Å². The Hall–Kier alpha value is -1.42. The van der Waals surface area contributed by atoms with Crippen LogP contribution in [-0.4, -0.2) is 10.9 Å². The average molecular weight is 246 g/mol. The lowest BCUT2D eigenvalue weighted by Gasteiger charge is -2.02. The SMILES string of the molecule is Nc1oncc1-c1ccc(SCC2CC2)cc1. The third-order valence-corrected chi connectivity index (χ3v) is 4.19. The normalized spacial score (nSPS) is 15.1. The molecule has 0 radical (unpaired) electrons. The minimum atomic E-state index is 0.378. The Kier molecular flexibility index (Phi) is 2.81. The van der Waals surface area contributed by atoms with Gasteiger partial charge in [-0.05, 0) is 36.5 Å². The molecule has 2 N–H and O–H groups in total. The zero-order valence-corrected chi connectivity index (χ0v) is 10.2. The van der Waals surface area contributed by atoms with E-state index in [1.54, 1.807) is 6.20 Å². The van der Waals surface area contributed by atoms with Crippen molar-refractivity contribution in [2.75, 3.05) is 11.5 Å². The number of rotatable bonds is 4. The van der Waals surface area contributed by atoms with Crippen molar-refractivity contribution in [1.29, 1.82) is 0 Å². The van der Waals surface area contributed by atoms with E-state index in [0.717, 1.165) is 17.0 Å². The van der Waals surface area contributed by atoms with Crippen LogP contribution in [0.1, 0.15) is 12.8 Å². The zero-order valence-electron chi connectivity index (χ0n) is 9.43. The van der Waals surface area contributed by atoms with E-state index < -0.39 is 0 Å². The first-order valence-corrected chi connectivity index (χ1v) is 6.75. The fraction of sp³-hybridized carbons (Fsp3) is 0.308. The molecular formula is C13H14N2OS. The smallest absolute Gasteiger partial charge is 0.229 e. The van der Waals surface area contributed by atoms with E-state index in [9.17, 15) is 0 Å². The molecule has 1 aromatic heterocycles. The van der Waals surface area contributed by atoms with Gasteiger partial charge in [0.25, 0.3) is 0 Å². The first kappa shape index (κ1) is 10.7. The molecule has 0 saturated heterocycles. The highest BCUT2D eigenvalue weighted by Gasteiger charge is 2.20. The molecule has 0 atom stereocenters. The molecule has 88 valence electrons. The largest absolute Gasteiger partial charge is 0.367 e. The fourth-order valence-corrected chi connectivity index (χ4v) is 2.78. The lowest BCUT2D eigenvalue weighted by atomic mass is 10.1. The van der Waals surface area contributed by atoms with Crippen molar-refractivity contribution in [3.63, 3.8) is 0 Å². The van der Waals surface area contributed by atoms with Crippen LogP contribution in [0.25, 0.3) is 11.1 Å². The van der Waals surface area contributed by atoms with Crippen molar-refractivity contribution in [3.05, 3.63) is 30.5 Å². The molecule has 1 aliphatic carbocycles. The molecule has 0 spiro atoms. The molecule has 1 heterocycles. The molecule has 1 aromatic carbocycles. The van der Waals surface area contributed by atoms with Gasteiger partial charge in [0.2, 0.25) is 5.88 Å². The van der Waals surface area contributed by atoms with Gasteiger partial charge in [-0.2, -0.15) is 0 Å². The van der Waals surface area contributed by atoms with Gasteiger partial charge in [-0.1, -0.05) is 17.3 Å². The van der Waals surface area contributed by atoms with Gasteiger partial charge in [0.1, 0.15) is 0 Å². The Morgan fingerprint density at radius 3 is 2.65 bits per heavy atom. The van der Waals surface area contributed by atoms with E-state index in [4.69, 9.17) is 10.3 Å². The van der Waals surface area contributed by atoms with E-state index in [-0.39, 0.29) is 0 Å². The maximum absolute atomic E-state index is 5.68. The van der Waals surface area contributed by atoms with Gasteiger partial charge < -0.3 is 10.3 Å². The Labute approximate surface area is 104 Å². The average Bonchev–Trinajstić information content (AvgIpc) is 3.09. The summed E-state index contributed by atoms with van der Waals surface area (Å²) in [5.74, 6) is 2.58. The first-order chi connectivity index (χ1) is 8.33. The van der Waals surface area contributed by atoms with Gasteiger partial charge in [-0.15, -0.1) is 11.8 Å². The molecule has 0 bridgehead atoms. The Bertz CT molecular complexity index is 502. The van der Waals surface area contributed by atoms with Crippen LogP contribution in [0.15, 0.2) is 39.9 Å². The maximum atomic E-state index is 5.68. The topological polar surface area (TPSA) is 52.0 Å². The molecule has 1 saturated carbocycles. The number of anilines is 1. The number of hydrogen-bond donors (Lipinski definition) is 1. The molecule has 1 fully saturated rings. The van der Waals surface area contributed by atoms with Crippen LogP contribution in [0.3, 0.4) is 0 Å². The van der Waals surface area contributed by atoms with E-state index in [2.05, 4.69) is 29.4 Å². The Morgan fingerprint density at radius 1 is 1.29 bits per heavy atom. The van der Waals surface area contributed by atoms with Crippen molar-refractivity contribution < 1.29 is 4.52 Å². The van der Waals surface area contributed by atoms with Gasteiger partial charge in [0.15, 0.2) is 0 Å². The summed E-state index contributed by atoms with van der Waals surface area (Å²) in [5.41, 5.74) is 7.60. The van der Waals surface area contributed by atoms with Gasteiger partial charge in [-0.25, -0.2) is 0 Å². The second-order valence-electron chi connectivity index (χ2n) is 4.38. The second kappa shape index (κ2) is 4.45. The van der Waals surface area contributed by atoms with E-state index in [1.165, 1.54) is 23.5 Å². The molecule has 0 amide bonds. The van der Waals surface area contributed by atoms with Gasteiger partial charge in [-0.3, -0.25) is 0 Å². The Balaban J connectivity index is 1.72. The number of nitrogens with two attached hydrogens (primary N) is 1. The molecule has 3 rings (SSSR count). The number of benzene rings is 1. The highest BCUT2D eigenvalue weighted by molar-refractivity contribution is 7.99. The van der Waals surface area contributed by atoms with E-state index in [0.29, 0.717) is 5.88 Å². The zero-order chi connectivity index (χ0) is 11.7. The summed E-state index contributed by atoms with van der Waals surface area (Å²) in [6, 6.07) is 8.40.